The Labute approximate surface area is 171 Å². The van der Waals surface area contributed by atoms with Crippen LogP contribution in [0.15, 0.2) is 65.6 Å². The SMILES string of the molecule is CNS(=O)(=O)c1cc(NC(=O)C[NH2+][C@@H](C)c2cccc3ccccc23)ccc1C. The molecule has 1 atom stereocenters. The largest absolute Gasteiger partial charge is 0.332 e. The van der Waals surface area contributed by atoms with Gasteiger partial charge in [-0.15, -0.1) is 0 Å². The first-order valence-electron chi connectivity index (χ1n) is 9.47. The van der Waals surface area contributed by atoms with E-state index in [2.05, 4.69) is 41.2 Å². The molecule has 3 aromatic carbocycles. The van der Waals surface area contributed by atoms with Gasteiger partial charge in [0.1, 0.15) is 6.04 Å². The lowest BCUT2D eigenvalue weighted by Gasteiger charge is -2.14. The Kier molecular flexibility index (Phi) is 6.32. The summed E-state index contributed by atoms with van der Waals surface area (Å²) in [4.78, 5) is 12.6. The summed E-state index contributed by atoms with van der Waals surface area (Å²) in [7, 11) is -2.21. The first-order chi connectivity index (χ1) is 13.8. The molecule has 0 heterocycles. The maximum absolute atomic E-state index is 12.4. The van der Waals surface area contributed by atoms with Crippen LogP contribution in [0.1, 0.15) is 24.1 Å². The van der Waals surface area contributed by atoms with Crippen LogP contribution in [0.2, 0.25) is 0 Å². The van der Waals surface area contributed by atoms with Crippen molar-refractivity contribution in [2.75, 3.05) is 18.9 Å². The summed E-state index contributed by atoms with van der Waals surface area (Å²) in [5.41, 5.74) is 2.25. The third-order valence-electron chi connectivity index (χ3n) is 5.00. The number of sulfonamides is 1. The molecule has 0 aliphatic rings. The highest BCUT2D eigenvalue weighted by atomic mass is 32.2. The van der Waals surface area contributed by atoms with Gasteiger partial charge in [-0.05, 0) is 49.4 Å². The number of anilines is 1. The van der Waals surface area contributed by atoms with Crippen molar-refractivity contribution >= 4 is 32.4 Å². The van der Waals surface area contributed by atoms with Crippen LogP contribution in [-0.4, -0.2) is 27.9 Å². The lowest BCUT2D eigenvalue weighted by molar-refractivity contribution is -0.682. The summed E-state index contributed by atoms with van der Waals surface area (Å²) < 4.78 is 26.5. The number of hydrogen-bond acceptors (Lipinski definition) is 3. The third-order valence-corrected chi connectivity index (χ3v) is 6.56. The van der Waals surface area contributed by atoms with E-state index < -0.39 is 10.0 Å². The third kappa shape index (κ3) is 4.82. The second-order valence-electron chi connectivity index (χ2n) is 7.03. The number of quaternary nitrogens is 1. The van der Waals surface area contributed by atoms with Gasteiger partial charge in [0.25, 0.3) is 5.91 Å². The molecule has 7 heteroatoms. The van der Waals surface area contributed by atoms with Crippen molar-refractivity contribution in [3.05, 3.63) is 71.8 Å². The number of nitrogens with two attached hydrogens (primary N) is 1. The Morgan fingerprint density at radius 3 is 2.55 bits per heavy atom. The predicted octanol–water partition coefficient (Wildman–Crippen LogP) is 2.32. The Hall–Kier alpha value is -2.74. The van der Waals surface area contributed by atoms with Gasteiger partial charge in [-0.2, -0.15) is 0 Å². The van der Waals surface area contributed by atoms with E-state index >= 15 is 0 Å². The first kappa shape index (κ1) is 21.0. The minimum Gasteiger partial charge on any atom is -0.332 e. The molecule has 0 unspecified atom stereocenters. The average Bonchev–Trinajstić information content (AvgIpc) is 2.72. The van der Waals surface area contributed by atoms with Crippen molar-refractivity contribution in [2.45, 2.75) is 24.8 Å². The molecule has 3 rings (SSSR count). The van der Waals surface area contributed by atoms with Crippen molar-refractivity contribution in [3.63, 3.8) is 0 Å². The zero-order chi connectivity index (χ0) is 21.0. The highest BCUT2D eigenvalue weighted by Crippen LogP contribution is 2.22. The van der Waals surface area contributed by atoms with Crippen molar-refractivity contribution in [1.82, 2.24) is 4.72 Å². The molecule has 3 aromatic rings. The first-order valence-corrected chi connectivity index (χ1v) is 10.9. The summed E-state index contributed by atoms with van der Waals surface area (Å²) >= 11 is 0. The number of benzene rings is 3. The number of carbonyl (C=O) groups is 1. The molecule has 0 saturated carbocycles. The van der Waals surface area contributed by atoms with Crippen LogP contribution in [0.25, 0.3) is 10.8 Å². The highest BCUT2D eigenvalue weighted by Gasteiger charge is 2.17. The van der Waals surface area contributed by atoms with Gasteiger partial charge in [0.2, 0.25) is 10.0 Å². The van der Waals surface area contributed by atoms with E-state index in [-0.39, 0.29) is 23.4 Å². The summed E-state index contributed by atoms with van der Waals surface area (Å²) in [6.07, 6.45) is 0. The van der Waals surface area contributed by atoms with E-state index in [1.54, 1.807) is 19.1 Å². The number of rotatable bonds is 7. The van der Waals surface area contributed by atoms with Gasteiger partial charge in [-0.3, -0.25) is 4.79 Å². The van der Waals surface area contributed by atoms with Crippen LogP contribution in [0, 0.1) is 6.92 Å². The van der Waals surface area contributed by atoms with Crippen molar-refractivity contribution in [1.29, 1.82) is 0 Å². The fourth-order valence-corrected chi connectivity index (χ4v) is 4.34. The zero-order valence-corrected chi connectivity index (χ0v) is 17.6. The van der Waals surface area contributed by atoms with Gasteiger partial charge in [0.05, 0.1) is 4.90 Å². The molecule has 1 amide bonds. The molecular weight excluding hydrogens is 386 g/mol. The fraction of sp³-hybridized carbons (Fsp3) is 0.227. The Morgan fingerprint density at radius 1 is 1.07 bits per heavy atom. The fourth-order valence-electron chi connectivity index (χ4n) is 3.35. The lowest BCUT2D eigenvalue weighted by Crippen LogP contribution is -2.86. The number of fused-ring (bicyclic) bond motifs is 1. The van der Waals surface area contributed by atoms with E-state index in [0.29, 0.717) is 11.3 Å². The minimum atomic E-state index is -3.58. The van der Waals surface area contributed by atoms with Gasteiger partial charge in [0, 0.05) is 11.3 Å². The summed E-state index contributed by atoms with van der Waals surface area (Å²) in [5, 5.41) is 7.11. The van der Waals surface area contributed by atoms with Crippen molar-refractivity contribution < 1.29 is 18.5 Å². The van der Waals surface area contributed by atoms with E-state index in [1.165, 1.54) is 29.4 Å². The molecule has 4 N–H and O–H groups in total. The molecule has 0 aromatic heterocycles. The maximum atomic E-state index is 12.4. The molecule has 0 fully saturated rings. The van der Waals surface area contributed by atoms with Crippen LogP contribution in [-0.2, 0) is 14.8 Å². The number of amides is 1. The maximum Gasteiger partial charge on any atom is 0.279 e. The Balaban J connectivity index is 1.68. The topological polar surface area (TPSA) is 91.9 Å². The van der Waals surface area contributed by atoms with Crippen LogP contribution >= 0.6 is 0 Å². The Morgan fingerprint density at radius 2 is 1.79 bits per heavy atom. The second kappa shape index (κ2) is 8.73. The van der Waals surface area contributed by atoms with E-state index in [0.717, 1.165) is 0 Å². The smallest absolute Gasteiger partial charge is 0.279 e. The molecule has 0 aliphatic heterocycles. The van der Waals surface area contributed by atoms with Crippen LogP contribution in [0.3, 0.4) is 0 Å². The standard InChI is InChI=1S/C22H25N3O3S/c1-15-11-12-18(13-21(15)29(27,28)23-3)25-22(26)14-24-16(2)19-10-6-8-17-7-4-5-9-20(17)19/h4-13,16,23-24H,14H2,1-3H3,(H,25,26)/p+1/t16-/m0/s1. The van der Waals surface area contributed by atoms with E-state index in [4.69, 9.17) is 0 Å². The molecule has 0 radical (unpaired) electrons. The predicted molar refractivity (Wildman–Crippen MR) is 115 cm³/mol. The van der Waals surface area contributed by atoms with Gasteiger partial charge < -0.3 is 10.6 Å². The number of carbonyl (C=O) groups excluding carboxylic acids is 1. The monoisotopic (exact) mass is 412 g/mol. The quantitative estimate of drug-likeness (QED) is 0.556. The second-order valence-corrected chi connectivity index (χ2v) is 8.89. The van der Waals surface area contributed by atoms with Gasteiger partial charge in [0.15, 0.2) is 6.54 Å². The molecule has 0 bridgehead atoms. The number of hydrogen-bond donors (Lipinski definition) is 3. The molecular formula is C22H26N3O3S+. The summed E-state index contributed by atoms with van der Waals surface area (Å²) in [6.45, 7) is 4.01. The number of nitrogens with one attached hydrogen (secondary N) is 2. The van der Waals surface area contributed by atoms with Crippen LogP contribution in [0.4, 0.5) is 5.69 Å². The zero-order valence-electron chi connectivity index (χ0n) is 16.8. The van der Waals surface area contributed by atoms with Crippen molar-refractivity contribution in [3.8, 4) is 0 Å². The van der Waals surface area contributed by atoms with Crippen LogP contribution < -0.4 is 15.4 Å². The Bertz CT molecular complexity index is 1140. The molecule has 152 valence electrons. The van der Waals surface area contributed by atoms with Gasteiger partial charge in [-0.1, -0.05) is 48.5 Å². The summed E-state index contributed by atoms with van der Waals surface area (Å²) in [5.74, 6) is -0.186. The highest BCUT2D eigenvalue weighted by molar-refractivity contribution is 7.89. The summed E-state index contributed by atoms with van der Waals surface area (Å²) in [6, 6.07) is 19.3. The average molecular weight is 413 g/mol. The van der Waals surface area contributed by atoms with Crippen molar-refractivity contribution in [2.24, 2.45) is 0 Å². The molecule has 0 spiro atoms. The number of aryl methyl sites for hydroxylation is 1. The molecule has 0 aliphatic carbocycles. The molecule has 29 heavy (non-hydrogen) atoms. The lowest BCUT2D eigenvalue weighted by atomic mass is 10.00. The van der Waals surface area contributed by atoms with E-state index in [1.807, 2.05) is 23.5 Å². The minimum absolute atomic E-state index is 0.102. The van der Waals surface area contributed by atoms with Crippen LogP contribution in [0.5, 0.6) is 0 Å². The van der Waals surface area contributed by atoms with E-state index in [9.17, 15) is 13.2 Å². The van der Waals surface area contributed by atoms with Gasteiger partial charge >= 0.3 is 0 Å². The molecule has 6 nitrogen and oxygen atoms in total. The molecule has 0 saturated heterocycles. The normalized spacial score (nSPS) is 12.7. The van der Waals surface area contributed by atoms with Gasteiger partial charge in [-0.25, -0.2) is 13.1 Å².